The summed E-state index contributed by atoms with van der Waals surface area (Å²) in [5, 5.41) is 14.2. The molecule has 4 atom stereocenters. The molecular formula is C31H29ClF3N7OS. The number of piperidine rings is 2. The quantitative estimate of drug-likeness (QED) is 0.283. The van der Waals surface area contributed by atoms with Gasteiger partial charge in [0.1, 0.15) is 41.0 Å². The molecule has 2 aromatic heterocycles. The first-order valence-corrected chi connectivity index (χ1v) is 16.1. The van der Waals surface area contributed by atoms with Gasteiger partial charge < -0.3 is 20.7 Å². The standard InChI is InChI=1S/C31H29ClF3N7OS/c32-21-8-19-26(25(35)24(21)18-4-5-22(34)27-23(18)20(10-36)28(37)44-27)39-30(40-29(19)42-13-16-2-3-17(42)11-38-16)43-14-31-6-1-7-41(31)12-15(33)9-31/h4-5,8,15-17,38H,1-3,6-7,9,11-14,37H2/t15-,16?,17?,31+/m1/s1. The largest absolute Gasteiger partial charge is 0.461 e. The summed E-state index contributed by atoms with van der Waals surface area (Å²) in [5.41, 5.74) is 5.95. The van der Waals surface area contributed by atoms with E-state index in [4.69, 9.17) is 27.1 Å². The van der Waals surface area contributed by atoms with Gasteiger partial charge >= 0.3 is 6.01 Å². The van der Waals surface area contributed by atoms with Gasteiger partial charge in [0.2, 0.25) is 0 Å². The Balaban J connectivity index is 1.30. The van der Waals surface area contributed by atoms with Gasteiger partial charge in [-0.2, -0.15) is 15.2 Å². The summed E-state index contributed by atoms with van der Waals surface area (Å²) < 4.78 is 52.6. The second kappa shape index (κ2) is 10.3. The van der Waals surface area contributed by atoms with E-state index in [1.807, 2.05) is 6.07 Å². The van der Waals surface area contributed by atoms with E-state index in [0.717, 1.165) is 50.1 Å². The number of hydrogen-bond acceptors (Lipinski definition) is 9. The fourth-order valence-corrected chi connectivity index (χ4v) is 9.06. The van der Waals surface area contributed by atoms with Crippen LogP contribution in [0.2, 0.25) is 5.02 Å². The maximum atomic E-state index is 16.9. The lowest BCUT2D eigenvalue weighted by molar-refractivity contribution is 0.107. The number of nitrogens with one attached hydrogen (secondary N) is 1. The van der Waals surface area contributed by atoms with Crippen LogP contribution in [0.3, 0.4) is 0 Å². The van der Waals surface area contributed by atoms with E-state index in [9.17, 15) is 14.0 Å². The molecule has 2 bridgehead atoms. The molecule has 2 unspecified atom stereocenters. The molecule has 13 heteroatoms. The van der Waals surface area contributed by atoms with Crippen LogP contribution in [0.1, 0.15) is 37.7 Å². The van der Waals surface area contributed by atoms with E-state index >= 15 is 4.39 Å². The number of nitrogen functional groups attached to an aromatic ring is 1. The molecule has 5 fully saturated rings. The van der Waals surface area contributed by atoms with Gasteiger partial charge in [-0.3, -0.25) is 4.90 Å². The number of nitrogens with two attached hydrogens (primary N) is 1. The summed E-state index contributed by atoms with van der Waals surface area (Å²) in [6, 6.07) is 6.76. The number of fused-ring (bicyclic) bond motifs is 6. The molecule has 5 aliphatic rings. The molecule has 3 N–H and O–H groups in total. The van der Waals surface area contributed by atoms with Gasteiger partial charge in [0, 0.05) is 54.5 Å². The number of piperazine rings is 1. The van der Waals surface area contributed by atoms with Crippen LogP contribution >= 0.6 is 22.9 Å². The molecular weight excluding hydrogens is 611 g/mol. The second-order valence-electron chi connectivity index (χ2n) is 12.4. The third kappa shape index (κ3) is 4.24. The minimum atomic E-state index is -0.914. The van der Waals surface area contributed by atoms with Gasteiger partial charge in [-0.05, 0) is 49.9 Å². The number of aromatic nitrogens is 2. The number of hydrogen-bond donors (Lipinski definition) is 2. The summed E-state index contributed by atoms with van der Waals surface area (Å²) >= 11 is 7.77. The van der Waals surface area contributed by atoms with E-state index in [1.54, 1.807) is 6.07 Å². The highest BCUT2D eigenvalue weighted by atomic mass is 35.5. The van der Waals surface area contributed by atoms with Crippen LogP contribution in [0.5, 0.6) is 6.01 Å². The Kier molecular flexibility index (Phi) is 6.61. The minimum Gasteiger partial charge on any atom is -0.461 e. The van der Waals surface area contributed by atoms with E-state index in [2.05, 4.69) is 20.1 Å². The predicted octanol–water partition coefficient (Wildman–Crippen LogP) is 5.79. The number of ether oxygens (including phenoxy) is 1. The van der Waals surface area contributed by atoms with Gasteiger partial charge in [-0.15, -0.1) is 11.3 Å². The van der Waals surface area contributed by atoms with Crippen molar-refractivity contribution in [3.63, 3.8) is 0 Å². The molecule has 0 spiro atoms. The summed E-state index contributed by atoms with van der Waals surface area (Å²) in [5.74, 6) is -0.754. The molecule has 4 aromatic rings. The van der Waals surface area contributed by atoms with Gasteiger partial charge in [-0.1, -0.05) is 17.7 Å². The fourth-order valence-electron chi connectivity index (χ4n) is 7.81. The van der Waals surface area contributed by atoms with Crippen LogP contribution in [0.15, 0.2) is 18.2 Å². The van der Waals surface area contributed by atoms with Crippen LogP contribution in [0.25, 0.3) is 32.1 Å². The number of nitriles is 1. The second-order valence-corrected chi connectivity index (χ2v) is 13.8. The van der Waals surface area contributed by atoms with E-state index in [1.165, 1.54) is 12.1 Å². The van der Waals surface area contributed by atoms with Crippen molar-refractivity contribution in [1.82, 2.24) is 20.2 Å². The molecule has 44 heavy (non-hydrogen) atoms. The van der Waals surface area contributed by atoms with Crippen molar-refractivity contribution in [1.29, 1.82) is 5.26 Å². The Bertz CT molecular complexity index is 1870. The monoisotopic (exact) mass is 639 g/mol. The normalized spacial score (nSPS) is 26.5. The lowest BCUT2D eigenvalue weighted by atomic mass is 9.92. The number of nitrogens with zero attached hydrogens (tertiary/aromatic N) is 5. The van der Waals surface area contributed by atoms with Gasteiger partial charge in [0.05, 0.1) is 20.8 Å². The molecule has 228 valence electrons. The average molecular weight is 640 g/mol. The van der Waals surface area contributed by atoms with E-state index in [-0.39, 0.29) is 67.0 Å². The first kappa shape index (κ1) is 28.1. The van der Waals surface area contributed by atoms with Crippen LogP contribution in [-0.2, 0) is 0 Å². The van der Waals surface area contributed by atoms with Crippen molar-refractivity contribution in [3.05, 3.63) is 40.4 Å². The van der Waals surface area contributed by atoms with Crippen molar-refractivity contribution < 1.29 is 17.9 Å². The van der Waals surface area contributed by atoms with Crippen molar-refractivity contribution in [2.75, 3.05) is 43.4 Å². The predicted molar refractivity (Wildman–Crippen MR) is 165 cm³/mol. The molecule has 0 saturated carbocycles. The summed E-state index contributed by atoms with van der Waals surface area (Å²) in [7, 11) is 0. The third-order valence-corrected chi connectivity index (χ3v) is 11.2. The number of benzene rings is 2. The van der Waals surface area contributed by atoms with Gasteiger partial charge in [0.15, 0.2) is 5.82 Å². The SMILES string of the molecule is N#Cc1c(N)sc2c(F)ccc(-c3c(Cl)cc4c(N5CC6CCC5CN6)nc(OC[C@@]56CCCN5C[C@H](F)C6)nc4c3F)c12. The lowest BCUT2D eigenvalue weighted by Gasteiger charge is -2.46. The molecule has 5 aliphatic heterocycles. The Morgan fingerprint density at radius 3 is 2.86 bits per heavy atom. The number of thiophene rings is 1. The number of halogens is 4. The van der Waals surface area contributed by atoms with Crippen LogP contribution < -0.4 is 20.7 Å². The average Bonchev–Trinajstić information content (AvgIpc) is 3.67. The summed E-state index contributed by atoms with van der Waals surface area (Å²) in [4.78, 5) is 13.7. The zero-order chi connectivity index (χ0) is 30.3. The molecule has 0 amide bonds. The fraction of sp³-hybridized carbons (Fsp3) is 0.452. The maximum Gasteiger partial charge on any atom is 0.319 e. The van der Waals surface area contributed by atoms with Crippen molar-refractivity contribution >= 4 is 54.7 Å². The molecule has 0 radical (unpaired) electrons. The first-order valence-electron chi connectivity index (χ1n) is 14.9. The smallest absolute Gasteiger partial charge is 0.319 e. The highest BCUT2D eigenvalue weighted by molar-refractivity contribution is 7.23. The maximum absolute atomic E-state index is 16.9. The van der Waals surface area contributed by atoms with Gasteiger partial charge in [-0.25, -0.2) is 13.2 Å². The highest BCUT2D eigenvalue weighted by Gasteiger charge is 2.49. The van der Waals surface area contributed by atoms with Crippen LogP contribution in [-0.4, -0.2) is 71.4 Å². The van der Waals surface area contributed by atoms with Crippen LogP contribution in [0, 0.1) is 23.0 Å². The van der Waals surface area contributed by atoms with Gasteiger partial charge in [0.25, 0.3) is 0 Å². The first-order chi connectivity index (χ1) is 21.3. The Morgan fingerprint density at radius 2 is 2.11 bits per heavy atom. The molecule has 7 heterocycles. The summed E-state index contributed by atoms with van der Waals surface area (Å²) in [6.07, 6.45) is 3.26. The molecule has 5 saturated heterocycles. The van der Waals surface area contributed by atoms with E-state index < -0.39 is 23.3 Å². The molecule has 0 aliphatic carbocycles. The number of alkyl halides is 1. The zero-order valence-electron chi connectivity index (χ0n) is 23.7. The third-order valence-electron chi connectivity index (χ3n) is 9.89. The van der Waals surface area contributed by atoms with Crippen molar-refractivity contribution in [2.45, 2.75) is 55.9 Å². The minimum absolute atomic E-state index is 0.00692. The number of rotatable bonds is 5. The number of anilines is 2. The zero-order valence-corrected chi connectivity index (χ0v) is 25.2. The van der Waals surface area contributed by atoms with Crippen molar-refractivity contribution in [3.8, 4) is 23.2 Å². The molecule has 9 rings (SSSR count). The highest BCUT2D eigenvalue weighted by Crippen LogP contribution is 2.46. The lowest BCUT2D eigenvalue weighted by Crippen LogP contribution is -2.61. The Morgan fingerprint density at radius 1 is 1.25 bits per heavy atom. The molecule has 2 aromatic carbocycles. The van der Waals surface area contributed by atoms with Crippen molar-refractivity contribution in [2.24, 2.45) is 0 Å². The topological polar surface area (TPSA) is 103 Å². The van der Waals surface area contributed by atoms with E-state index in [0.29, 0.717) is 30.7 Å². The summed E-state index contributed by atoms with van der Waals surface area (Å²) in [6.45, 7) is 2.87. The molecule has 8 nitrogen and oxygen atoms in total. The Hall–Kier alpha value is -3.37. The van der Waals surface area contributed by atoms with Crippen LogP contribution in [0.4, 0.5) is 24.0 Å². The Labute approximate surface area is 260 Å².